The molecule has 0 spiro atoms. The minimum atomic E-state index is -3.45. The first-order valence-corrected chi connectivity index (χ1v) is 11.5. The number of ether oxygens (including phenoxy) is 1. The monoisotopic (exact) mass is 418 g/mol. The van der Waals surface area contributed by atoms with Gasteiger partial charge in [0.05, 0.1) is 25.1 Å². The van der Waals surface area contributed by atoms with E-state index in [-0.39, 0.29) is 24.9 Å². The van der Waals surface area contributed by atoms with Crippen molar-refractivity contribution < 1.29 is 17.9 Å². The van der Waals surface area contributed by atoms with E-state index in [4.69, 9.17) is 4.74 Å². The zero-order valence-corrected chi connectivity index (χ0v) is 18.5. The number of hydrogen-bond donors (Lipinski definition) is 1. The molecular weight excluding hydrogens is 388 g/mol. The van der Waals surface area contributed by atoms with Crippen LogP contribution in [0.1, 0.15) is 42.5 Å². The molecule has 0 aliphatic rings. The molecule has 2 aromatic rings. The average Bonchev–Trinajstić information content (AvgIpc) is 2.66. The molecule has 0 aliphatic carbocycles. The molecule has 6 nitrogen and oxygen atoms in total. The standard InChI is InChI=1S/C22H30N2O4S/c1-16-12-13-17(2)20(15-16)24(29(5,26)27)14-8-11-22(25)23-18(3)19-9-6-7-10-21(19)28-4/h6-7,9-10,12-13,15,18H,8,11,14H2,1-5H3,(H,23,25)/t18-/m0/s1. The predicted molar refractivity (Wildman–Crippen MR) is 117 cm³/mol. The van der Waals surface area contributed by atoms with Crippen molar-refractivity contribution in [3.05, 3.63) is 59.2 Å². The summed E-state index contributed by atoms with van der Waals surface area (Å²) in [6, 6.07) is 13.1. The van der Waals surface area contributed by atoms with Crippen LogP contribution in [0, 0.1) is 13.8 Å². The Hall–Kier alpha value is -2.54. The first-order valence-electron chi connectivity index (χ1n) is 9.60. The van der Waals surface area contributed by atoms with Gasteiger partial charge in [0.1, 0.15) is 5.75 Å². The molecule has 0 heterocycles. The number of hydrogen-bond acceptors (Lipinski definition) is 4. The van der Waals surface area contributed by atoms with Gasteiger partial charge in [0.2, 0.25) is 15.9 Å². The van der Waals surface area contributed by atoms with E-state index in [9.17, 15) is 13.2 Å². The quantitative estimate of drug-likeness (QED) is 0.673. The fourth-order valence-corrected chi connectivity index (χ4v) is 4.27. The summed E-state index contributed by atoms with van der Waals surface area (Å²) in [5, 5.41) is 2.96. The summed E-state index contributed by atoms with van der Waals surface area (Å²) in [4.78, 5) is 12.4. The number of methoxy groups -OCH3 is 1. The number of nitrogens with one attached hydrogen (secondary N) is 1. The van der Waals surface area contributed by atoms with Crippen LogP contribution in [0.25, 0.3) is 0 Å². The molecule has 2 rings (SSSR count). The Balaban J connectivity index is 2.00. The molecule has 1 atom stereocenters. The van der Waals surface area contributed by atoms with Gasteiger partial charge in [0, 0.05) is 18.5 Å². The Morgan fingerprint density at radius 1 is 1.17 bits per heavy atom. The maximum absolute atomic E-state index is 12.4. The molecule has 158 valence electrons. The molecule has 2 aromatic carbocycles. The van der Waals surface area contributed by atoms with Crippen LogP contribution in [0.3, 0.4) is 0 Å². The predicted octanol–water partition coefficient (Wildman–Crippen LogP) is 3.74. The molecule has 0 saturated heterocycles. The maximum atomic E-state index is 12.4. The van der Waals surface area contributed by atoms with Crippen LogP contribution in [-0.2, 0) is 14.8 Å². The van der Waals surface area contributed by atoms with Crippen molar-refractivity contribution in [2.75, 3.05) is 24.2 Å². The third-order valence-electron chi connectivity index (χ3n) is 4.78. The highest BCUT2D eigenvalue weighted by atomic mass is 32.2. The Morgan fingerprint density at radius 2 is 1.86 bits per heavy atom. The first kappa shape index (κ1) is 22.7. The van der Waals surface area contributed by atoms with Crippen LogP contribution >= 0.6 is 0 Å². The Morgan fingerprint density at radius 3 is 2.52 bits per heavy atom. The largest absolute Gasteiger partial charge is 0.496 e. The second-order valence-corrected chi connectivity index (χ2v) is 9.17. The van der Waals surface area contributed by atoms with Crippen molar-refractivity contribution in [2.24, 2.45) is 0 Å². The van der Waals surface area contributed by atoms with Crippen LogP contribution < -0.4 is 14.4 Å². The van der Waals surface area contributed by atoms with E-state index in [0.717, 1.165) is 22.4 Å². The number of rotatable bonds is 9. The van der Waals surface area contributed by atoms with Crippen LogP contribution in [-0.4, -0.2) is 34.2 Å². The molecule has 0 fully saturated rings. The number of para-hydroxylation sites is 1. The number of carbonyl (C=O) groups is 1. The molecule has 0 radical (unpaired) electrons. The van der Waals surface area contributed by atoms with E-state index in [0.29, 0.717) is 12.1 Å². The molecule has 1 amide bonds. The van der Waals surface area contributed by atoms with Crippen LogP contribution in [0.5, 0.6) is 5.75 Å². The summed E-state index contributed by atoms with van der Waals surface area (Å²) in [7, 11) is -1.85. The van der Waals surface area contributed by atoms with Gasteiger partial charge in [0.15, 0.2) is 0 Å². The molecule has 29 heavy (non-hydrogen) atoms. The van der Waals surface area contributed by atoms with Gasteiger partial charge in [-0.2, -0.15) is 0 Å². The van der Waals surface area contributed by atoms with Gasteiger partial charge in [-0.1, -0.05) is 30.3 Å². The lowest BCUT2D eigenvalue weighted by Crippen LogP contribution is -2.33. The van der Waals surface area contributed by atoms with Gasteiger partial charge in [-0.15, -0.1) is 0 Å². The molecule has 0 bridgehead atoms. The van der Waals surface area contributed by atoms with Crippen molar-refractivity contribution in [3.8, 4) is 5.75 Å². The summed E-state index contributed by atoms with van der Waals surface area (Å²) < 4.78 is 31.4. The summed E-state index contributed by atoms with van der Waals surface area (Å²) in [6.07, 6.45) is 1.85. The van der Waals surface area contributed by atoms with E-state index in [1.54, 1.807) is 7.11 Å². The smallest absolute Gasteiger partial charge is 0.232 e. The lowest BCUT2D eigenvalue weighted by molar-refractivity contribution is -0.121. The SMILES string of the molecule is COc1ccccc1[C@H](C)NC(=O)CCCN(c1cc(C)ccc1C)S(C)(=O)=O. The zero-order valence-electron chi connectivity index (χ0n) is 17.7. The van der Waals surface area contributed by atoms with Gasteiger partial charge in [0.25, 0.3) is 0 Å². The van der Waals surface area contributed by atoms with E-state index in [2.05, 4.69) is 5.32 Å². The highest BCUT2D eigenvalue weighted by Crippen LogP contribution is 2.25. The number of aryl methyl sites for hydroxylation is 2. The van der Waals surface area contributed by atoms with E-state index >= 15 is 0 Å². The second kappa shape index (κ2) is 9.78. The normalized spacial score (nSPS) is 12.3. The molecule has 1 N–H and O–H groups in total. The number of benzene rings is 2. The zero-order chi connectivity index (χ0) is 21.6. The van der Waals surface area contributed by atoms with Crippen LogP contribution in [0.2, 0.25) is 0 Å². The average molecular weight is 419 g/mol. The first-order chi connectivity index (χ1) is 13.6. The summed E-state index contributed by atoms with van der Waals surface area (Å²) in [6.45, 7) is 5.96. The highest BCUT2D eigenvalue weighted by molar-refractivity contribution is 7.92. The van der Waals surface area contributed by atoms with E-state index in [1.807, 2.05) is 63.2 Å². The third kappa shape index (κ3) is 6.22. The molecule has 0 aromatic heterocycles. The van der Waals surface area contributed by atoms with Gasteiger partial charge in [-0.3, -0.25) is 9.10 Å². The summed E-state index contributed by atoms with van der Waals surface area (Å²) >= 11 is 0. The van der Waals surface area contributed by atoms with Crippen LogP contribution in [0.15, 0.2) is 42.5 Å². The van der Waals surface area contributed by atoms with Gasteiger partial charge in [-0.05, 0) is 50.5 Å². The highest BCUT2D eigenvalue weighted by Gasteiger charge is 2.20. The molecule has 7 heteroatoms. The summed E-state index contributed by atoms with van der Waals surface area (Å²) in [5.41, 5.74) is 3.43. The Labute approximate surface area is 173 Å². The Kier molecular flexibility index (Phi) is 7.67. The van der Waals surface area contributed by atoms with E-state index in [1.165, 1.54) is 10.6 Å². The number of anilines is 1. The van der Waals surface area contributed by atoms with Crippen molar-refractivity contribution in [2.45, 2.75) is 39.7 Å². The topological polar surface area (TPSA) is 75.7 Å². The lowest BCUT2D eigenvalue weighted by Gasteiger charge is -2.24. The van der Waals surface area contributed by atoms with Gasteiger partial charge >= 0.3 is 0 Å². The number of nitrogens with zero attached hydrogens (tertiary/aromatic N) is 1. The third-order valence-corrected chi connectivity index (χ3v) is 5.96. The van der Waals surface area contributed by atoms with Crippen LogP contribution in [0.4, 0.5) is 5.69 Å². The number of sulfonamides is 1. The minimum Gasteiger partial charge on any atom is -0.496 e. The molecule has 0 saturated carbocycles. The van der Waals surface area contributed by atoms with Gasteiger partial charge in [-0.25, -0.2) is 8.42 Å². The van der Waals surface area contributed by atoms with Crippen molar-refractivity contribution in [3.63, 3.8) is 0 Å². The summed E-state index contributed by atoms with van der Waals surface area (Å²) in [5.74, 6) is 0.594. The molecular formula is C22H30N2O4S. The maximum Gasteiger partial charge on any atom is 0.232 e. The number of amides is 1. The van der Waals surface area contributed by atoms with Crippen molar-refractivity contribution in [1.29, 1.82) is 0 Å². The Bertz CT molecular complexity index is 957. The lowest BCUT2D eigenvalue weighted by atomic mass is 10.1. The van der Waals surface area contributed by atoms with Gasteiger partial charge < -0.3 is 10.1 Å². The van der Waals surface area contributed by atoms with Crippen molar-refractivity contribution >= 4 is 21.6 Å². The second-order valence-electron chi connectivity index (χ2n) is 7.26. The van der Waals surface area contributed by atoms with E-state index < -0.39 is 10.0 Å². The number of carbonyl (C=O) groups excluding carboxylic acids is 1. The minimum absolute atomic E-state index is 0.127. The molecule has 0 aliphatic heterocycles. The molecule has 0 unspecified atom stereocenters. The fourth-order valence-electron chi connectivity index (χ4n) is 3.25. The van der Waals surface area contributed by atoms with Crippen molar-refractivity contribution in [1.82, 2.24) is 5.32 Å². The fraction of sp³-hybridized carbons (Fsp3) is 0.409.